The Kier molecular flexibility index (Phi) is 5.32. The van der Waals surface area contributed by atoms with Crippen LogP contribution in [0.4, 0.5) is 0 Å². The standard InChI is InChI=1S/C11H18O4/c1-14-11(13)5-4-10(12)7-9-3-2-6-15-8-9/h9H,2-8H2,1H3. The molecule has 1 heterocycles. The van der Waals surface area contributed by atoms with Gasteiger partial charge in [-0.1, -0.05) is 0 Å². The average molecular weight is 214 g/mol. The number of ether oxygens (including phenoxy) is 2. The van der Waals surface area contributed by atoms with E-state index in [-0.39, 0.29) is 18.2 Å². The topological polar surface area (TPSA) is 52.6 Å². The zero-order valence-corrected chi connectivity index (χ0v) is 9.16. The smallest absolute Gasteiger partial charge is 0.305 e. The van der Waals surface area contributed by atoms with Gasteiger partial charge in [-0.05, 0) is 18.8 Å². The lowest BCUT2D eigenvalue weighted by Gasteiger charge is -2.21. The van der Waals surface area contributed by atoms with Gasteiger partial charge in [0.25, 0.3) is 0 Å². The lowest BCUT2D eigenvalue weighted by atomic mass is 9.95. The molecule has 0 aliphatic carbocycles. The predicted molar refractivity (Wildman–Crippen MR) is 54.4 cm³/mol. The summed E-state index contributed by atoms with van der Waals surface area (Å²) in [5.41, 5.74) is 0. The molecule has 0 radical (unpaired) electrons. The van der Waals surface area contributed by atoms with Crippen molar-refractivity contribution in [2.75, 3.05) is 20.3 Å². The van der Waals surface area contributed by atoms with Gasteiger partial charge >= 0.3 is 5.97 Å². The molecule has 0 aromatic rings. The maximum absolute atomic E-state index is 11.5. The molecule has 0 aromatic heterocycles. The van der Waals surface area contributed by atoms with Crippen LogP contribution in [0.1, 0.15) is 32.1 Å². The number of methoxy groups -OCH3 is 1. The highest BCUT2D eigenvalue weighted by atomic mass is 16.5. The molecule has 4 nitrogen and oxygen atoms in total. The number of carbonyl (C=O) groups excluding carboxylic acids is 2. The van der Waals surface area contributed by atoms with Gasteiger partial charge in [0.2, 0.25) is 0 Å². The third-order valence-electron chi connectivity index (χ3n) is 2.61. The first-order valence-electron chi connectivity index (χ1n) is 5.38. The lowest BCUT2D eigenvalue weighted by molar-refractivity contribution is -0.142. The highest BCUT2D eigenvalue weighted by molar-refractivity contribution is 5.83. The number of hydrogen-bond donors (Lipinski definition) is 0. The third kappa shape index (κ3) is 4.93. The van der Waals surface area contributed by atoms with Gasteiger partial charge in [0.05, 0.1) is 13.5 Å². The molecule has 0 N–H and O–H groups in total. The van der Waals surface area contributed by atoms with Crippen LogP contribution in [-0.4, -0.2) is 32.1 Å². The van der Waals surface area contributed by atoms with Crippen molar-refractivity contribution < 1.29 is 19.1 Å². The van der Waals surface area contributed by atoms with Crippen molar-refractivity contribution in [3.63, 3.8) is 0 Å². The third-order valence-corrected chi connectivity index (χ3v) is 2.61. The lowest BCUT2D eigenvalue weighted by Crippen LogP contribution is -2.20. The summed E-state index contributed by atoms with van der Waals surface area (Å²) in [6.07, 6.45) is 3.13. The Morgan fingerprint density at radius 3 is 2.80 bits per heavy atom. The quantitative estimate of drug-likeness (QED) is 0.648. The number of esters is 1. The molecule has 86 valence electrons. The van der Waals surface area contributed by atoms with Crippen LogP contribution in [-0.2, 0) is 19.1 Å². The average Bonchev–Trinajstić information content (AvgIpc) is 2.27. The Hall–Kier alpha value is -0.900. The van der Waals surface area contributed by atoms with Crippen molar-refractivity contribution in [1.29, 1.82) is 0 Å². The minimum atomic E-state index is -0.316. The van der Waals surface area contributed by atoms with Gasteiger partial charge in [-0.2, -0.15) is 0 Å². The molecule has 1 aliphatic rings. The first-order valence-corrected chi connectivity index (χ1v) is 5.38. The highest BCUT2D eigenvalue weighted by Gasteiger charge is 2.17. The maximum Gasteiger partial charge on any atom is 0.305 e. The normalized spacial score (nSPS) is 21.0. The van der Waals surface area contributed by atoms with Crippen molar-refractivity contribution in [1.82, 2.24) is 0 Å². The second-order valence-electron chi connectivity index (χ2n) is 3.90. The van der Waals surface area contributed by atoms with E-state index in [0.717, 1.165) is 19.4 Å². The molecule has 15 heavy (non-hydrogen) atoms. The van der Waals surface area contributed by atoms with Crippen molar-refractivity contribution in [3.05, 3.63) is 0 Å². The summed E-state index contributed by atoms with van der Waals surface area (Å²) in [4.78, 5) is 22.3. The molecule has 4 heteroatoms. The number of carbonyl (C=O) groups is 2. The summed E-state index contributed by atoms with van der Waals surface area (Å²) in [5.74, 6) is 0.169. The van der Waals surface area contributed by atoms with Crippen molar-refractivity contribution >= 4 is 11.8 Å². The van der Waals surface area contributed by atoms with Gasteiger partial charge in [-0.25, -0.2) is 0 Å². The molecule has 1 saturated heterocycles. The van der Waals surface area contributed by atoms with E-state index >= 15 is 0 Å². The largest absolute Gasteiger partial charge is 0.469 e. The van der Waals surface area contributed by atoms with Crippen LogP contribution in [0.3, 0.4) is 0 Å². The molecule has 0 spiro atoms. The summed E-state index contributed by atoms with van der Waals surface area (Å²) < 4.78 is 9.76. The maximum atomic E-state index is 11.5. The predicted octanol–water partition coefficient (Wildman–Crippen LogP) is 1.33. The van der Waals surface area contributed by atoms with Crippen LogP contribution in [0.25, 0.3) is 0 Å². The fourth-order valence-corrected chi connectivity index (χ4v) is 1.74. The zero-order valence-electron chi connectivity index (χ0n) is 9.16. The Morgan fingerprint density at radius 1 is 1.40 bits per heavy atom. The van der Waals surface area contributed by atoms with E-state index in [1.807, 2.05) is 0 Å². The van der Waals surface area contributed by atoms with E-state index in [2.05, 4.69) is 4.74 Å². The van der Waals surface area contributed by atoms with Crippen molar-refractivity contribution in [2.45, 2.75) is 32.1 Å². The molecule has 0 aromatic carbocycles. The molecule has 1 aliphatic heterocycles. The summed E-state index contributed by atoms with van der Waals surface area (Å²) in [6, 6.07) is 0. The Labute approximate surface area is 89.9 Å². The summed E-state index contributed by atoms with van der Waals surface area (Å²) in [5, 5.41) is 0. The molecule has 1 rings (SSSR count). The minimum Gasteiger partial charge on any atom is -0.469 e. The van der Waals surface area contributed by atoms with Gasteiger partial charge in [0, 0.05) is 26.1 Å². The number of rotatable bonds is 5. The number of ketones is 1. The van der Waals surface area contributed by atoms with Crippen LogP contribution < -0.4 is 0 Å². The summed E-state index contributed by atoms with van der Waals surface area (Å²) >= 11 is 0. The van der Waals surface area contributed by atoms with Gasteiger partial charge in [0.15, 0.2) is 0 Å². The van der Waals surface area contributed by atoms with E-state index in [9.17, 15) is 9.59 Å². The Morgan fingerprint density at radius 2 is 2.20 bits per heavy atom. The fourth-order valence-electron chi connectivity index (χ4n) is 1.74. The molecule has 1 atom stereocenters. The van der Waals surface area contributed by atoms with E-state index in [1.165, 1.54) is 7.11 Å². The van der Waals surface area contributed by atoms with Gasteiger partial charge in [-0.15, -0.1) is 0 Å². The molecule has 0 amide bonds. The molecular weight excluding hydrogens is 196 g/mol. The van der Waals surface area contributed by atoms with Gasteiger partial charge < -0.3 is 9.47 Å². The van der Waals surface area contributed by atoms with Crippen LogP contribution in [0.2, 0.25) is 0 Å². The monoisotopic (exact) mass is 214 g/mol. The molecule has 1 unspecified atom stereocenters. The van der Waals surface area contributed by atoms with Crippen LogP contribution in [0, 0.1) is 5.92 Å². The van der Waals surface area contributed by atoms with Crippen molar-refractivity contribution in [3.8, 4) is 0 Å². The van der Waals surface area contributed by atoms with E-state index in [0.29, 0.717) is 25.4 Å². The first kappa shape index (κ1) is 12.2. The van der Waals surface area contributed by atoms with Gasteiger partial charge in [0.1, 0.15) is 5.78 Å². The van der Waals surface area contributed by atoms with Crippen molar-refractivity contribution in [2.24, 2.45) is 5.92 Å². The minimum absolute atomic E-state index is 0.135. The number of hydrogen-bond acceptors (Lipinski definition) is 4. The van der Waals surface area contributed by atoms with Gasteiger partial charge in [-0.3, -0.25) is 9.59 Å². The van der Waals surface area contributed by atoms with Crippen LogP contribution in [0.5, 0.6) is 0 Å². The molecule has 1 fully saturated rings. The van der Waals surface area contributed by atoms with Crippen LogP contribution in [0.15, 0.2) is 0 Å². The van der Waals surface area contributed by atoms with Crippen LogP contribution >= 0.6 is 0 Å². The fraction of sp³-hybridized carbons (Fsp3) is 0.818. The second-order valence-corrected chi connectivity index (χ2v) is 3.90. The molecule has 0 saturated carbocycles. The first-order chi connectivity index (χ1) is 7.22. The Bertz CT molecular complexity index is 219. The summed E-state index contributed by atoms with van der Waals surface area (Å²) in [7, 11) is 1.34. The zero-order chi connectivity index (χ0) is 11.1. The van der Waals surface area contributed by atoms with E-state index in [1.54, 1.807) is 0 Å². The highest BCUT2D eigenvalue weighted by Crippen LogP contribution is 2.18. The summed E-state index contributed by atoms with van der Waals surface area (Å²) in [6.45, 7) is 1.50. The second kappa shape index (κ2) is 6.56. The Balaban J connectivity index is 2.14. The molecule has 0 bridgehead atoms. The van der Waals surface area contributed by atoms with E-state index < -0.39 is 0 Å². The number of Topliss-reactive ketones (excluding diaryl/α,β-unsaturated/α-hetero) is 1. The molecular formula is C11H18O4. The SMILES string of the molecule is COC(=O)CCC(=O)CC1CCCOC1. The van der Waals surface area contributed by atoms with E-state index in [4.69, 9.17) is 4.74 Å².